The lowest BCUT2D eigenvalue weighted by molar-refractivity contribution is -0.147. The Labute approximate surface area is 92.5 Å². The lowest BCUT2D eigenvalue weighted by Gasteiger charge is -2.37. The maximum Gasteiger partial charge on any atom is 0.307 e. The highest BCUT2D eigenvalue weighted by atomic mass is 16.5. The molecular formula is C11H23NO3. The van der Waals surface area contributed by atoms with Gasteiger partial charge in [0, 0.05) is 7.11 Å². The summed E-state index contributed by atoms with van der Waals surface area (Å²) in [5.41, 5.74) is -0.249. The van der Waals surface area contributed by atoms with E-state index in [0.717, 1.165) is 6.42 Å². The molecule has 0 aliphatic heterocycles. The monoisotopic (exact) mass is 217 g/mol. The van der Waals surface area contributed by atoms with Gasteiger partial charge in [-0.15, -0.1) is 0 Å². The molecule has 0 rings (SSSR count). The third kappa shape index (κ3) is 4.18. The number of methoxy groups -OCH3 is 1. The summed E-state index contributed by atoms with van der Waals surface area (Å²) >= 11 is 0. The van der Waals surface area contributed by atoms with E-state index in [0.29, 0.717) is 19.6 Å². The van der Waals surface area contributed by atoms with E-state index in [9.17, 15) is 4.79 Å². The number of carbonyl (C=O) groups excluding carboxylic acids is 1. The molecule has 0 saturated carbocycles. The Morgan fingerprint density at radius 1 is 1.33 bits per heavy atom. The molecule has 90 valence electrons. The molecule has 1 atom stereocenters. The predicted octanol–water partition coefficient (Wildman–Crippen LogP) is 1.30. The predicted molar refractivity (Wildman–Crippen MR) is 59.8 cm³/mol. The van der Waals surface area contributed by atoms with Crippen molar-refractivity contribution in [3.05, 3.63) is 0 Å². The number of hydrogen-bond acceptors (Lipinski definition) is 4. The number of hydrogen-bond donors (Lipinski definition) is 0. The van der Waals surface area contributed by atoms with E-state index in [-0.39, 0.29) is 11.5 Å². The van der Waals surface area contributed by atoms with Gasteiger partial charge in [-0.1, -0.05) is 6.92 Å². The molecule has 0 aliphatic rings. The van der Waals surface area contributed by atoms with Gasteiger partial charge in [0.1, 0.15) is 0 Å². The van der Waals surface area contributed by atoms with Crippen molar-refractivity contribution in [1.29, 1.82) is 0 Å². The van der Waals surface area contributed by atoms with Crippen LogP contribution in [0.4, 0.5) is 0 Å². The van der Waals surface area contributed by atoms with Gasteiger partial charge in [0.25, 0.3) is 0 Å². The summed E-state index contributed by atoms with van der Waals surface area (Å²) in [7, 11) is 5.57. The van der Waals surface area contributed by atoms with Crippen LogP contribution >= 0.6 is 0 Å². The standard InChI is InChI=1S/C11H23NO3/c1-6-11(9-14-5,12(3)4)8-10(13)15-7-2/h6-9H2,1-5H3. The molecule has 4 nitrogen and oxygen atoms in total. The second-order valence-electron chi connectivity index (χ2n) is 3.89. The fraction of sp³-hybridized carbons (Fsp3) is 0.909. The Morgan fingerprint density at radius 2 is 1.93 bits per heavy atom. The highest BCUT2D eigenvalue weighted by Crippen LogP contribution is 2.22. The molecule has 0 amide bonds. The molecule has 0 bridgehead atoms. The number of ether oxygens (including phenoxy) is 2. The third-order valence-electron chi connectivity index (χ3n) is 2.80. The lowest BCUT2D eigenvalue weighted by Crippen LogP contribution is -2.49. The first-order chi connectivity index (χ1) is 7.02. The average Bonchev–Trinajstić information content (AvgIpc) is 2.17. The van der Waals surface area contributed by atoms with Crippen LogP contribution in [-0.2, 0) is 14.3 Å². The van der Waals surface area contributed by atoms with Gasteiger partial charge < -0.3 is 14.4 Å². The number of likely N-dealkylation sites (N-methyl/N-ethyl adjacent to an activating group) is 1. The molecule has 4 heteroatoms. The van der Waals surface area contributed by atoms with Gasteiger partial charge in [-0.25, -0.2) is 0 Å². The molecular weight excluding hydrogens is 194 g/mol. The molecule has 0 aromatic carbocycles. The van der Waals surface area contributed by atoms with Crippen molar-refractivity contribution in [3.8, 4) is 0 Å². The summed E-state index contributed by atoms with van der Waals surface area (Å²) in [4.78, 5) is 13.5. The van der Waals surface area contributed by atoms with Crippen LogP contribution in [0.3, 0.4) is 0 Å². The lowest BCUT2D eigenvalue weighted by atomic mass is 9.91. The maximum atomic E-state index is 11.5. The maximum absolute atomic E-state index is 11.5. The minimum atomic E-state index is -0.249. The van der Waals surface area contributed by atoms with Gasteiger partial charge in [-0.2, -0.15) is 0 Å². The van der Waals surface area contributed by atoms with Crippen molar-refractivity contribution in [2.45, 2.75) is 32.2 Å². The quantitative estimate of drug-likeness (QED) is 0.602. The summed E-state index contributed by atoms with van der Waals surface area (Å²) in [6.45, 7) is 4.84. The van der Waals surface area contributed by atoms with E-state index in [1.54, 1.807) is 7.11 Å². The van der Waals surface area contributed by atoms with Crippen molar-refractivity contribution < 1.29 is 14.3 Å². The van der Waals surface area contributed by atoms with E-state index in [2.05, 4.69) is 6.92 Å². The van der Waals surface area contributed by atoms with Gasteiger partial charge in [0.05, 0.1) is 25.2 Å². The van der Waals surface area contributed by atoms with Crippen molar-refractivity contribution in [2.24, 2.45) is 0 Å². The minimum absolute atomic E-state index is 0.162. The number of esters is 1. The fourth-order valence-corrected chi connectivity index (χ4v) is 1.63. The van der Waals surface area contributed by atoms with Crippen LogP contribution in [0, 0.1) is 0 Å². The van der Waals surface area contributed by atoms with Crippen molar-refractivity contribution in [1.82, 2.24) is 4.90 Å². The molecule has 0 aliphatic carbocycles. The van der Waals surface area contributed by atoms with Crippen LogP contribution in [0.5, 0.6) is 0 Å². The van der Waals surface area contributed by atoms with Crippen molar-refractivity contribution in [2.75, 3.05) is 34.4 Å². The molecule has 15 heavy (non-hydrogen) atoms. The van der Waals surface area contributed by atoms with E-state index >= 15 is 0 Å². The molecule has 0 fully saturated rings. The summed E-state index contributed by atoms with van der Waals surface area (Å²) in [5, 5.41) is 0. The van der Waals surface area contributed by atoms with Crippen LogP contribution in [0.2, 0.25) is 0 Å². The van der Waals surface area contributed by atoms with Gasteiger partial charge >= 0.3 is 5.97 Å². The van der Waals surface area contributed by atoms with Crippen LogP contribution in [0.15, 0.2) is 0 Å². The second-order valence-corrected chi connectivity index (χ2v) is 3.89. The smallest absolute Gasteiger partial charge is 0.307 e. The highest BCUT2D eigenvalue weighted by molar-refractivity contribution is 5.70. The molecule has 0 aromatic rings. The molecule has 0 saturated heterocycles. The molecule has 0 N–H and O–H groups in total. The SMILES string of the molecule is CCOC(=O)CC(CC)(COC)N(C)C. The van der Waals surface area contributed by atoms with E-state index in [4.69, 9.17) is 9.47 Å². The average molecular weight is 217 g/mol. The Balaban J connectivity index is 4.53. The molecule has 0 radical (unpaired) electrons. The third-order valence-corrected chi connectivity index (χ3v) is 2.80. The Bertz CT molecular complexity index is 194. The Kier molecular flexibility index (Phi) is 6.52. The molecule has 0 heterocycles. The normalized spacial score (nSPS) is 15.1. The summed E-state index contributed by atoms with van der Waals surface area (Å²) in [5.74, 6) is -0.162. The number of rotatable bonds is 7. The van der Waals surface area contributed by atoms with Crippen LogP contribution in [0.25, 0.3) is 0 Å². The van der Waals surface area contributed by atoms with Gasteiger partial charge in [0.15, 0.2) is 0 Å². The first kappa shape index (κ1) is 14.4. The zero-order chi connectivity index (χ0) is 11.9. The van der Waals surface area contributed by atoms with Gasteiger partial charge in [-0.05, 0) is 27.4 Å². The Morgan fingerprint density at radius 3 is 2.27 bits per heavy atom. The molecule has 0 aromatic heterocycles. The first-order valence-electron chi connectivity index (χ1n) is 5.34. The van der Waals surface area contributed by atoms with Gasteiger partial charge in [0.2, 0.25) is 0 Å². The van der Waals surface area contributed by atoms with E-state index < -0.39 is 0 Å². The van der Waals surface area contributed by atoms with Gasteiger partial charge in [-0.3, -0.25) is 4.79 Å². The van der Waals surface area contributed by atoms with E-state index in [1.807, 2.05) is 25.9 Å². The Hall–Kier alpha value is -0.610. The second kappa shape index (κ2) is 6.80. The van der Waals surface area contributed by atoms with Crippen LogP contribution in [-0.4, -0.2) is 50.8 Å². The highest BCUT2D eigenvalue weighted by Gasteiger charge is 2.34. The van der Waals surface area contributed by atoms with Crippen LogP contribution < -0.4 is 0 Å². The first-order valence-corrected chi connectivity index (χ1v) is 5.34. The zero-order valence-corrected chi connectivity index (χ0v) is 10.5. The van der Waals surface area contributed by atoms with Crippen LogP contribution in [0.1, 0.15) is 26.7 Å². The number of nitrogens with zero attached hydrogens (tertiary/aromatic N) is 1. The van der Waals surface area contributed by atoms with E-state index in [1.165, 1.54) is 0 Å². The zero-order valence-electron chi connectivity index (χ0n) is 10.5. The summed E-state index contributed by atoms with van der Waals surface area (Å²) in [6.07, 6.45) is 1.23. The summed E-state index contributed by atoms with van der Waals surface area (Å²) < 4.78 is 10.2. The molecule has 0 spiro atoms. The van der Waals surface area contributed by atoms with Crippen molar-refractivity contribution in [3.63, 3.8) is 0 Å². The van der Waals surface area contributed by atoms with Crippen molar-refractivity contribution >= 4 is 5.97 Å². The summed E-state index contributed by atoms with van der Waals surface area (Å²) in [6, 6.07) is 0. The minimum Gasteiger partial charge on any atom is -0.466 e. The number of carbonyl (C=O) groups is 1. The topological polar surface area (TPSA) is 38.8 Å². The fourth-order valence-electron chi connectivity index (χ4n) is 1.63. The largest absolute Gasteiger partial charge is 0.466 e. The molecule has 1 unspecified atom stereocenters.